The summed E-state index contributed by atoms with van der Waals surface area (Å²) in [7, 11) is 0. The summed E-state index contributed by atoms with van der Waals surface area (Å²) in [4.78, 5) is 0. The fourth-order valence-corrected chi connectivity index (χ4v) is 2.14. The molecule has 0 bridgehead atoms. The van der Waals surface area contributed by atoms with Crippen molar-refractivity contribution in [3.05, 3.63) is 71.3 Å². The number of halogens is 2. The first-order valence-electron chi connectivity index (χ1n) is 6.19. The Hall–Kier alpha value is -1.70. The zero-order chi connectivity index (χ0) is 13.0. The molecule has 2 heteroatoms. The van der Waals surface area contributed by atoms with E-state index in [4.69, 9.17) is 0 Å². The van der Waals surface area contributed by atoms with Crippen molar-refractivity contribution in [3.8, 4) is 0 Å². The summed E-state index contributed by atoms with van der Waals surface area (Å²) in [5, 5.41) is 0. The lowest BCUT2D eigenvalue weighted by Gasteiger charge is -2.15. The number of rotatable bonds is 4. The van der Waals surface area contributed by atoms with E-state index in [2.05, 4.69) is 6.92 Å². The molecule has 0 spiro atoms. The first kappa shape index (κ1) is 12.7. The summed E-state index contributed by atoms with van der Waals surface area (Å²) in [6.07, 6.45) is 1.82. The molecule has 0 N–H and O–H groups in total. The number of hydrogen-bond donors (Lipinski definition) is 0. The standard InChI is InChI=1S/C16H16F2/c1-2-13(14-5-9-16(18)10-6-14)11-12-3-7-15(17)8-4-12/h3-10,13H,2,11H2,1H3. The normalized spacial score (nSPS) is 12.4. The summed E-state index contributed by atoms with van der Waals surface area (Å²) < 4.78 is 25.7. The van der Waals surface area contributed by atoms with Crippen molar-refractivity contribution < 1.29 is 8.78 Å². The van der Waals surface area contributed by atoms with E-state index < -0.39 is 0 Å². The molecule has 0 saturated carbocycles. The first-order valence-corrected chi connectivity index (χ1v) is 6.19. The fraction of sp³-hybridized carbons (Fsp3) is 0.250. The lowest BCUT2D eigenvalue weighted by atomic mass is 9.90. The van der Waals surface area contributed by atoms with Crippen LogP contribution in [0.15, 0.2) is 48.5 Å². The van der Waals surface area contributed by atoms with E-state index in [9.17, 15) is 8.78 Å². The highest BCUT2D eigenvalue weighted by Crippen LogP contribution is 2.24. The van der Waals surface area contributed by atoms with Gasteiger partial charge in [0.1, 0.15) is 11.6 Å². The quantitative estimate of drug-likeness (QED) is 0.733. The van der Waals surface area contributed by atoms with Crippen LogP contribution in [0.5, 0.6) is 0 Å². The zero-order valence-electron chi connectivity index (χ0n) is 10.4. The van der Waals surface area contributed by atoms with Crippen molar-refractivity contribution >= 4 is 0 Å². The van der Waals surface area contributed by atoms with Gasteiger partial charge in [-0.3, -0.25) is 0 Å². The highest BCUT2D eigenvalue weighted by Gasteiger charge is 2.10. The molecular formula is C16H16F2. The smallest absolute Gasteiger partial charge is 0.123 e. The Morgan fingerprint density at radius 1 is 0.833 bits per heavy atom. The van der Waals surface area contributed by atoms with Crippen molar-refractivity contribution in [3.63, 3.8) is 0 Å². The molecular weight excluding hydrogens is 230 g/mol. The number of hydrogen-bond acceptors (Lipinski definition) is 0. The van der Waals surface area contributed by atoms with Gasteiger partial charge in [-0.15, -0.1) is 0 Å². The minimum absolute atomic E-state index is 0.213. The fourth-order valence-electron chi connectivity index (χ4n) is 2.14. The van der Waals surface area contributed by atoms with Gasteiger partial charge in [0.25, 0.3) is 0 Å². The average Bonchev–Trinajstić information content (AvgIpc) is 2.39. The molecule has 0 aromatic heterocycles. The predicted octanol–water partition coefficient (Wildman–Crippen LogP) is 4.70. The summed E-state index contributed by atoms with van der Waals surface area (Å²) in [6.45, 7) is 2.11. The van der Waals surface area contributed by atoms with Crippen LogP contribution in [0.25, 0.3) is 0 Å². The second-order valence-electron chi connectivity index (χ2n) is 4.49. The van der Waals surface area contributed by atoms with Gasteiger partial charge >= 0.3 is 0 Å². The molecule has 0 heterocycles. The van der Waals surface area contributed by atoms with Gasteiger partial charge in [-0.1, -0.05) is 31.2 Å². The van der Waals surface area contributed by atoms with Crippen LogP contribution in [0.1, 0.15) is 30.4 Å². The molecule has 0 saturated heterocycles. The molecule has 0 aliphatic heterocycles. The van der Waals surface area contributed by atoms with Crippen LogP contribution in [-0.2, 0) is 6.42 Å². The maximum Gasteiger partial charge on any atom is 0.123 e. The van der Waals surface area contributed by atoms with E-state index in [1.807, 2.05) is 24.3 Å². The highest BCUT2D eigenvalue weighted by molar-refractivity contribution is 5.24. The Morgan fingerprint density at radius 2 is 1.33 bits per heavy atom. The second-order valence-corrected chi connectivity index (χ2v) is 4.49. The van der Waals surface area contributed by atoms with Gasteiger partial charge < -0.3 is 0 Å². The van der Waals surface area contributed by atoms with E-state index in [1.54, 1.807) is 0 Å². The molecule has 2 aromatic carbocycles. The lowest BCUT2D eigenvalue weighted by Crippen LogP contribution is -2.02. The topological polar surface area (TPSA) is 0 Å². The Morgan fingerprint density at radius 3 is 1.83 bits per heavy atom. The van der Waals surface area contributed by atoms with Gasteiger partial charge in [0, 0.05) is 0 Å². The first-order chi connectivity index (χ1) is 8.69. The Bertz CT molecular complexity index is 486. The zero-order valence-corrected chi connectivity index (χ0v) is 10.4. The van der Waals surface area contributed by atoms with E-state index in [-0.39, 0.29) is 11.6 Å². The molecule has 0 aliphatic carbocycles. The van der Waals surface area contributed by atoms with Gasteiger partial charge in [0.2, 0.25) is 0 Å². The van der Waals surface area contributed by atoms with Crippen LogP contribution in [0, 0.1) is 11.6 Å². The molecule has 18 heavy (non-hydrogen) atoms. The van der Waals surface area contributed by atoms with E-state index in [0.29, 0.717) is 5.92 Å². The van der Waals surface area contributed by atoms with E-state index in [0.717, 1.165) is 24.0 Å². The van der Waals surface area contributed by atoms with Crippen LogP contribution >= 0.6 is 0 Å². The van der Waals surface area contributed by atoms with Crippen LogP contribution in [0.2, 0.25) is 0 Å². The van der Waals surface area contributed by atoms with Crippen molar-refractivity contribution in [2.75, 3.05) is 0 Å². The highest BCUT2D eigenvalue weighted by atomic mass is 19.1. The molecule has 1 unspecified atom stereocenters. The van der Waals surface area contributed by atoms with E-state index in [1.165, 1.54) is 24.3 Å². The van der Waals surface area contributed by atoms with Crippen LogP contribution in [0.3, 0.4) is 0 Å². The molecule has 94 valence electrons. The molecule has 0 nitrogen and oxygen atoms in total. The van der Waals surface area contributed by atoms with Crippen LogP contribution in [-0.4, -0.2) is 0 Å². The third-order valence-electron chi connectivity index (χ3n) is 3.23. The lowest BCUT2D eigenvalue weighted by molar-refractivity contribution is 0.617. The van der Waals surface area contributed by atoms with Crippen molar-refractivity contribution in [1.29, 1.82) is 0 Å². The summed E-state index contributed by atoms with van der Waals surface area (Å²) >= 11 is 0. The van der Waals surface area contributed by atoms with Gasteiger partial charge in [-0.2, -0.15) is 0 Å². The predicted molar refractivity (Wildman–Crippen MR) is 69.5 cm³/mol. The third kappa shape index (κ3) is 3.16. The summed E-state index contributed by atoms with van der Waals surface area (Å²) in [6, 6.07) is 13.2. The van der Waals surface area contributed by atoms with Crippen LogP contribution < -0.4 is 0 Å². The van der Waals surface area contributed by atoms with E-state index >= 15 is 0 Å². The second kappa shape index (κ2) is 5.76. The Kier molecular flexibility index (Phi) is 4.08. The van der Waals surface area contributed by atoms with Crippen molar-refractivity contribution in [1.82, 2.24) is 0 Å². The monoisotopic (exact) mass is 246 g/mol. The van der Waals surface area contributed by atoms with Crippen LogP contribution in [0.4, 0.5) is 8.78 Å². The minimum Gasteiger partial charge on any atom is -0.207 e. The summed E-state index contributed by atoms with van der Waals surface area (Å²) in [5.41, 5.74) is 2.23. The Balaban J connectivity index is 2.14. The SMILES string of the molecule is CCC(Cc1ccc(F)cc1)c1ccc(F)cc1. The molecule has 2 rings (SSSR count). The largest absolute Gasteiger partial charge is 0.207 e. The molecule has 1 atom stereocenters. The minimum atomic E-state index is -0.214. The van der Waals surface area contributed by atoms with Gasteiger partial charge in [-0.05, 0) is 54.2 Å². The Labute approximate surface area is 106 Å². The molecule has 0 fully saturated rings. The van der Waals surface area contributed by atoms with Crippen molar-refractivity contribution in [2.24, 2.45) is 0 Å². The molecule has 0 radical (unpaired) electrons. The average molecular weight is 246 g/mol. The summed E-state index contributed by atoms with van der Waals surface area (Å²) in [5.74, 6) is -0.0833. The number of benzene rings is 2. The van der Waals surface area contributed by atoms with Gasteiger partial charge in [0.15, 0.2) is 0 Å². The van der Waals surface area contributed by atoms with Gasteiger partial charge in [-0.25, -0.2) is 8.78 Å². The maximum absolute atomic E-state index is 12.9. The maximum atomic E-state index is 12.9. The molecule has 2 aromatic rings. The van der Waals surface area contributed by atoms with Crippen molar-refractivity contribution in [2.45, 2.75) is 25.7 Å². The molecule has 0 amide bonds. The molecule has 0 aliphatic rings. The third-order valence-corrected chi connectivity index (χ3v) is 3.23. The van der Waals surface area contributed by atoms with Gasteiger partial charge in [0.05, 0.1) is 0 Å².